The van der Waals surface area contributed by atoms with Crippen molar-refractivity contribution in [2.75, 3.05) is 13.1 Å². The largest absolute Gasteiger partial charge is 0.330 e. The Balaban J connectivity index is 1.79. The van der Waals surface area contributed by atoms with Crippen molar-refractivity contribution in [3.63, 3.8) is 0 Å². The minimum Gasteiger partial charge on any atom is -0.330 e. The molecule has 2 rings (SSSR count). The number of rotatable bonds is 4. The Morgan fingerprint density at radius 2 is 1.65 bits per heavy atom. The maximum Gasteiger partial charge on any atom is 0.0153 e. The number of hydrogen-bond donors (Lipinski definition) is 2. The molecule has 0 saturated heterocycles. The van der Waals surface area contributed by atoms with E-state index in [0.717, 1.165) is 18.4 Å². The van der Waals surface area contributed by atoms with Crippen LogP contribution in [0.25, 0.3) is 0 Å². The lowest BCUT2D eigenvalue weighted by molar-refractivity contribution is 0.188. The third-order valence-corrected chi connectivity index (χ3v) is 5.12. The van der Waals surface area contributed by atoms with Crippen LogP contribution < -0.4 is 11.1 Å². The van der Waals surface area contributed by atoms with Crippen molar-refractivity contribution in [3.05, 3.63) is 0 Å². The molecule has 0 aromatic heterocycles. The summed E-state index contributed by atoms with van der Waals surface area (Å²) in [6.45, 7) is 4.52. The molecule has 0 bridgehead atoms. The average Bonchev–Trinajstić information content (AvgIpc) is 2.38. The van der Waals surface area contributed by atoms with Gasteiger partial charge in [0.05, 0.1) is 0 Å². The van der Waals surface area contributed by atoms with E-state index >= 15 is 0 Å². The Morgan fingerprint density at radius 1 is 1.00 bits per heavy atom. The second kappa shape index (κ2) is 6.19. The van der Waals surface area contributed by atoms with Crippen LogP contribution in [-0.4, -0.2) is 18.6 Å². The Hall–Kier alpha value is -0.0800. The first-order chi connectivity index (χ1) is 8.23. The van der Waals surface area contributed by atoms with Crippen LogP contribution in [0.3, 0.4) is 0 Å². The summed E-state index contributed by atoms with van der Waals surface area (Å²) >= 11 is 0. The van der Waals surface area contributed by atoms with Crippen LogP contribution in [0, 0.1) is 11.8 Å². The molecule has 3 N–H and O–H groups in total. The molecule has 0 amide bonds. The van der Waals surface area contributed by atoms with Crippen LogP contribution >= 0.6 is 0 Å². The minimum absolute atomic E-state index is 0.425. The van der Waals surface area contributed by atoms with E-state index in [1.54, 1.807) is 0 Å². The molecular weight excluding hydrogens is 208 g/mol. The number of nitrogens with one attached hydrogen (secondary N) is 1. The number of nitrogens with two attached hydrogens (primary N) is 1. The van der Waals surface area contributed by atoms with Crippen LogP contribution in [0.1, 0.15) is 64.7 Å². The van der Waals surface area contributed by atoms with E-state index in [1.807, 2.05) is 0 Å². The monoisotopic (exact) mass is 238 g/mol. The van der Waals surface area contributed by atoms with Crippen molar-refractivity contribution in [2.24, 2.45) is 17.6 Å². The summed E-state index contributed by atoms with van der Waals surface area (Å²) in [7, 11) is 0. The van der Waals surface area contributed by atoms with E-state index < -0.39 is 0 Å². The van der Waals surface area contributed by atoms with Gasteiger partial charge in [0.15, 0.2) is 0 Å². The van der Waals surface area contributed by atoms with Crippen molar-refractivity contribution < 1.29 is 0 Å². The predicted molar refractivity (Wildman–Crippen MR) is 74.0 cm³/mol. The highest BCUT2D eigenvalue weighted by Gasteiger charge is 2.29. The zero-order valence-corrected chi connectivity index (χ0v) is 11.5. The zero-order chi connectivity index (χ0) is 12.1. The van der Waals surface area contributed by atoms with Crippen molar-refractivity contribution in [1.82, 2.24) is 5.32 Å². The highest BCUT2D eigenvalue weighted by atomic mass is 15.0. The van der Waals surface area contributed by atoms with Gasteiger partial charge in [-0.05, 0) is 57.5 Å². The minimum atomic E-state index is 0.425. The maximum absolute atomic E-state index is 5.91. The fraction of sp³-hybridized carbons (Fsp3) is 1.00. The van der Waals surface area contributed by atoms with Gasteiger partial charge in [0, 0.05) is 5.54 Å². The summed E-state index contributed by atoms with van der Waals surface area (Å²) in [6.07, 6.45) is 12.6. The molecule has 2 aliphatic carbocycles. The lowest BCUT2D eigenvalue weighted by atomic mass is 9.77. The summed E-state index contributed by atoms with van der Waals surface area (Å²) < 4.78 is 0. The molecule has 2 fully saturated rings. The molecule has 0 aromatic rings. The molecule has 0 radical (unpaired) electrons. The summed E-state index contributed by atoms with van der Waals surface area (Å²) in [5, 5.41) is 3.88. The Bertz CT molecular complexity index is 221. The highest BCUT2D eigenvalue weighted by molar-refractivity contribution is 4.88. The van der Waals surface area contributed by atoms with Gasteiger partial charge in [0.1, 0.15) is 0 Å². The molecule has 2 saturated carbocycles. The fourth-order valence-corrected chi connectivity index (χ4v) is 3.75. The van der Waals surface area contributed by atoms with Gasteiger partial charge in [-0.1, -0.05) is 32.1 Å². The lowest BCUT2D eigenvalue weighted by Crippen LogP contribution is -2.47. The van der Waals surface area contributed by atoms with Crippen molar-refractivity contribution >= 4 is 0 Å². The molecule has 2 nitrogen and oxygen atoms in total. The molecular formula is C15H30N2. The van der Waals surface area contributed by atoms with Crippen LogP contribution in [0.4, 0.5) is 0 Å². The number of hydrogen-bond acceptors (Lipinski definition) is 2. The standard InChI is InChI=1S/C15H30N2/c1-15(9-5-2-6-10-15)17-12-14-8-4-3-7-13(14)11-16/h13-14,17H,2-12,16H2,1H3. The lowest BCUT2D eigenvalue weighted by Gasteiger charge is -2.38. The van der Waals surface area contributed by atoms with Crippen molar-refractivity contribution in [3.8, 4) is 0 Å². The van der Waals surface area contributed by atoms with E-state index in [9.17, 15) is 0 Å². The molecule has 0 heterocycles. The smallest absolute Gasteiger partial charge is 0.0153 e. The van der Waals surface area contributed by atoms with Crippen LogP contribution in [0.2, 0.25) is 0 Å². The zero-order valence-electron chi connectivity index (χ0n) is 11.5. The molecule has 0 aliphatic heterocycles. The van der Waals surface area contributed by atoms with Gasteiger partial charge >= 0.3 is 0 Å². The Kier molecular flexibility index (Phi) is 4.87. The molecule has 2 atom stereocenters. The summed E-state index contributed by atoms with van der Waals surface area (Å²) in [5.74, 6) is 1.62. The third-order valence-electron chi connectivity index (χ3n) is 5.12. The summed E-state index contributed by atoms with van der Waals surface area (Å²) in [5.41, 5.74) is 6.33. The first-order valence-electron chi connectivity index (χ1n) is 7.69. The maximum atomic E-state index is 5.91. The average molecular weight is 238 g/mol. The van der Waals surface area contributed by atoms with E-state index in [-0.39, 0.29) is 0 Å². The molecule has 0 spiro atoms. The van der Waals surface area contributed by atoms with Crippen LogP contribution in [0.5, 0.6) is 0 Å². The van der Waals surface area contributed by atoms with Gasteiger partial charge in [-0.15, -0.1) is 0 Å². The summed E-state index contributed by atoms with van der Waals surface area (Å²) in [6, 6.07) is 0. The molecule has 2 heteroatoms. The fourth-order valence-electron chi connectivity index (χ4n) is 3.75. The predicted octanol–water partition coefficient (Wildman–Crippen LogP) is 3.06. The normalized spacial score (nSPS) is 33.5. The SMILES string of the molecule is CC1(NCC2CCCCC2CN)CCCCC1. The molecule has 2 aliphatic rings. The highest BCUT2D eigenvalue weighted by Crippen LogP contribution is 2.31. The van der Waals surface area contributed by atoms with Gasteiger partial charge < -0.3 is 11.1 Å². The van der Waals surface area contributed by atoms with Crippen molar-refractivity contribution in [2.45, 2.75) is 70.3 Å². The van der Waals surface area contributed by atoms with E-state index in [1.165, 1.54) is 64.3 Å². The second-order valence-electron chi connectivity index (χ2n) is 6.54. The third kappa shape index (κ3) is 3.69. The van der Waals surface area contributed by atoms with Gasteiger partial charge in [0.25, 0.3) is 0 Å². The molecule has 0 aromatic carbocycles. The van der Waals surface area contributed by atoms with E-state index in [4.69, 9.17) is 5.73 Å². The summed E-state index contributed by atoms with van der Waals surface area (Å²) in [4.78, 5) is 0. The van der Waals surface area contributed by atoms with E-state index in [2.05, 4.69) is 12.2 Å². The van der Waals surface area contributed by atoms with Crippen LogP contribution in [-0.2, 0) is 0 Å². The molecule has 17 heavy (non-hydrogen) atoms. The Morgan fingerprint density at radius 3 is 2.29 bits per heavy atom. The Labute approximate surface area is 107 Å². The molecule has 100 valence electrons. The second-order valence-corrected chi connectivity index (χ2v) is 6.54. The van der Waals surface area contributed by atoms with E-state index in [0.29, 0.717) is 5.54 Å². The topological polar surface area (TPSA) is 38.0 Å². The van der Waals surface area contributed by atoms with Gasteiger partial charge in [-0.2, -0.15) is 0 Å². The quantitative estimate of drug-likeness (QED) is 0.790. The molecule has 2 unspecified atom stereocenters. The van der Waals surface area contributed by atoms with Gasteiger partial charge in [0.2, 0.25) is 0 Å². The van der Waals surface area contributed by atoms with Crippen molar-refractivity contribution in [1.29, 1.82) is 0 Å². The van der Waals surface area contributed by atoms with Crippen LogP contribution in [0.15, 0.2) is 0 Å². The first-order valence-corrected chi connectivity index (χ1v) is 7.69. The van der Waals surface area contributed by atoms with Gasteiger partial charge in [-0.3, -0.25) is 0 Å². The van der Waals surface area contributed by atoms with Gasteiger partial charge in [-0.25, -0.2) is 0 Å². The first kappa shape index (κ1) is 13.4.